The zero-order valence-electron chi connectivity index (χ0n) is 15.3. The van der Waals surface area contributed by atoms with Crippen LogP contribution in [0.25, 0.3) is 0 Å². The zero-order valence-corrected chi connectivity index (χ0v) is 15.3. The van der Waals surface area contributed by atoms with E-state index in [4.69, 9.17) is 10.5 Å². The molecule has 1 fully saturated rings. The van der Waals surface area contributed by atoms with Crippen LogP contribution < -0.4 is 5.73 Å². The Morgan fingerprint density at radius 1 is 1.23 bits per heavy atom. The predicted molar refractivity (Wildman–Crippen MR) is 91.7 cm³/mol. The second-order valence-corrected chi connectivity index (χ2v) is 8.32. The number of benzene rings is 1. The van der Waals surface area contributed by atoms with Gasteiger partial charge in [0.25, 0.3) is 0 Å². The van der Waals surface area contributed by atoms with Crippen LogP contribution in [0, 0.1) is 0 Å². The summed E-state index contributed by atoms with van der Waals surface area (Å²) in [5.41, 5.74) is 5.45. The first-order valence-electron chi connectivity index (χ1n) is 8.87. The molecule has 3 rings (SSSR count). The minimum atomic E-state index is -4.41. The molecule has 1 spiro atoms. The van der Waals surface area contributed by atoms with Crippen molar-refractivity contribution in [3.8, 4) is 0 Å². The van der Waals surface area contributed by atoms with Crippen molar-refractivity contribution in [3.05, 3.63) is 34.9 Å². The van der Waals surface area contributed by atoms with E-state index in [-0.39, 0.29) is 11.7 Å². The van der Waals surface area contributed by atoms with E-state index in [1.807, 2.05) is 0 Å². The van der Waals surface area contributed by atoms with Gasteiger partial charge in [-0.25, -0.2) is 4.79 Å². The Hall–Kier alpha value is -1.76. The number of hydrogen-bond acceptors (Lipinski definition) is 3. The summed E-state index contributed by atoms with van der Waals surface area (Å²) < 4.78 is 45.5. The molecular weight excluding hydrogens is 345 g/mol. The molecule has 1 aromatic rings. The third-order valence-electron chi connectivity index (χ3n) is 5.34. The summed E-state index contributed by atoms with van der Waals surface area (Å²) in [7, 11) is 0. The number of ether oxygens (including phenoxy) is 1. The molecule has 4 nitrogen and oxygen atoms in total. The molecular formula is C19H25F3N2O2. The Labute approximate surface area is 151 Å². The van der Waals surface area contributed by atoms with Gasteiger partial charge in [0.2, 0.25) is 0 Å². The maximum absolute atomic E-state index is 13.4. The highest BCUT2D eigenvalue weighted by molar-refractivity contribution is 5.68. The van der Waals surface area contributed by atoms with Crippen LogP contribution in [0.3, 0.4) is 0 Å². The van der Waals surface area contributed by atoms with Gasteiger partial charge < -0.3 is 15.4 Å². The Bertz CT molecular complexity index is 702. The van der Waals surface area contributed by atoms with E-state index in [1.165, 1.54) is 6.07 Å². The molecule has 26 heavy (non-hydrogen) atoms. The monoisotopic (exact) mass is 370 g/mol. The van der Waals surface area contributed by atoms with E-state index >= 15 is 0 Å². The van der Waals surface area contributed by atoms with Crippen LogP contribution in [0.2, 0.25) is 0 Å². The second-order valence-electron chi connectivity index (χ2n) is 8.32. The Balaban J connectivity index is 1.83. The van der Waals surface area contributed by atoms with Crippen molar-refractivity contribution in [1.82, 2.24) is 4.90 Å². The minimum Gasteiger partial charge on any atom is -0.444 e. The van der Waals surface area contributed by atoms with Crippen molar-refractivity contribution in [2.45, 2.75) is 63.3 Å². The molecule has 1 aliphatic heterocycles. The van der Waals surface area contributed by atoms with E-state index < -0.39 is 28.8 Å². The number of rotatable bonds is 0. The predicted octanol–water partition coefficient (Wildman–Crippen LogP) is 4.38. The fourth-order valence-electron chi connectivity index (χ4n) is 4.22. The van der Waals surface area contributed by atoms with E-state index in [2.05, 4.69) is 0 Å². The number of alkyl halides is 3. The van der Waals surface area contributed by atoms with Gasteiger partial charge >= 0.3 is 12.3 Å². The molecule has 1 heterocycles. The number of nitrogens with two attached hydrogens (primary N) is 1. The molecule has 2 N–H and O–H groups in total. The van der Waals surface area contributed by atoms with Crippen LogP contribution in [-0.2, 0) is 16.3 Å². The fraction of sp³-hybridized carbons (Fsp3) is 0.632. The number of piperidine rings is 1. The van der Waals surface area contributed by atoms with Crippen molar-refractivity contribution in [2.24, 2.45) is 5.73 Å². The SMILES string of the molecule is CC(C)(C)OC(=O)N1CCC2(CC1)C[C@@H](N)c1c(C(F)(F)F)cccc12. The zero-order chi connectivity index (χ0) is 19.3. The maximum atomic E-state index is 13.4. The molecule has 1 saturated heterocycles. The molecule has 1 atom stereocenters. The van der Waals surface area contributed by atoms with Gasteiger partial charge in [-0.2, -0.15) is 13.2 Å². The summed E-state index contributed by atoms with van der Waals surface area (Å²) >= 11 is 0. The summed E-state index contributed by atoms with van der Waals surface area (Å²) in [5, 5.41) is 0. The number of nitrogens with zero attached hydrogens (tertiary/aromatic N) is 1. The van der Waals surface area contributed by atoms with Crippen LogP contribution in [0.15, 0.2) is 18.2 Å². The number of likely N-dealkylation sites (tertiary alicyclic amines) is 1. The van der Waals surface area contributed by atoms with Crippen LogP contribution in [0.4, 0.5) is 18.0 Å². The van der Waals surface area contributed by atoms with Gasteiger partial charge in [0.1, 0.15) is 5.60 Å². The van der Waals surface area contributed by atoms with Gasteiger partial charge in [-0.1, -0.05) is 12.1 Å². The Morgan fingerprint density at radius 2 is 1.85 bits per heavy atom. The summed E-state index contributed by atoms with van der Waals surface area (Å²) in [6.45, 7) is 6.33. The van der Waals surface area contributed by atoms with Crippen LogP contribution >= 0.6 is 0 Å². The van der Waals surface area contributed by atoms with Gasteiger partial charge in [0.05, 0.1) is 5.56 Å². The lowest BCUT2D eigenvalue weighted by Gasteiger charge is -2.40. The molecule has 0 aromatic heterocycles. The van der Waals surface area contributed by atoms with Gasteiger partial charge in [-0.15, -0.1) is 0 Å². The van der Waals surface area contributed by atoms with Crippen molar-refractivity contribution >= 4 is 6.09 Å². The number of fused-ring (bicyclic) bond motifs is 2. The molecule has 144 valence electrons. The van der Waals surface area contributed by atoms with Crippen LogP contribution in [0.1, 0.15) is 62.8 Å². The minimum absolute atomic E-state index is 0.228. The lowest BCUT2D eigenvalue weighted by atomic mass is 9.73. The largest absolute Gasteiger partial charge is 0.444 e. The molecule has 7 heteroatoms. The number of carbonyl (C=O) groups excluding carboxylic acids is 1. The molecule has 0 radical (unpaired) electrons. The van der Waals surface area contributed by atoms with E-state index in [0.29, 0.717) is 37.9 Å². The van der Waals surface area contributed by atoms with Crippen molar-refractivity contribution in [2.75, 3.05) is 13.1 Å². The molecule has 1 aliphatic carbocycles. The number of amides is 1. The van der Waals surface area contributed by atoms with Crippen molar-refractivity contribution in [1.29, 1.82) is 0 Å². The maximum Gasteiger partial charge on any atom is 0.416 e. The first-order chi connectivity index (χ1) is 11.9. The normalized spacial score (nSPS) is 22.4. The molecule has 0 bridgehead atoms. The second kappa shape index (κ2) is 6.15. The number of hydrogen-bond donors (Lipinski definition) is 1. The third kappa shape index (κ3) is 3.41. The molecule has 2 aliphatic rings. The number of carbonyl (C=O) groups is 1. The summed E-state index contributed by atoms with van der Waals surface area (Å²) in [5.74, 6) is 0. The van der Waals surface area contributed by atoms with Gasteiger partial charge in [0, 0.05) is 24.5 Å². The standard InChI is InChI=1S/C19H25F3N2O2/c1-17(2,3)26-16(25)24-9-7-18(8-10-24)11-14(23)15-12(18)5-4-6-13(15)19(20,21)22/h4-6,14H,7-11,23H2,1-3H3/t14-/m1/s1. The lowest BCUT2D eigenvalue weighted by Crippen LogP contribution is -2.46. The van der Waals surface area contributed by atoms with E-state index in [0.717, 1.165) is 6.07 Å². The molecule has 1 amide bonds. The third-order valence-corrected chi connectivity index (χ3v) is 5.34. The topological polar surface area (TPSA) is 55.6 Å². The van der Waals surface area contributed by atoms with E-state index in [1.54, 1.807) is 31.7 Å². The average Bonchev–Trinajstić information content (AvgIpc) is 2.78. The summed E-state index contributed by atoms with van der Waals surface area (Å²) in [6.07, 6.45) is -3.12. The summed E-state index contributed by atoms with van der Waals surface area (Å²) in [6, 6.07) is 3.70. The molecule has 0 unspecified atom stereocenters. The van der Waals surface area contributed by atoms with E-state index in [9.17, 15) is 18.0 Å². The fourth-order valence-corrected chi connectivity index (χ4v) is 4.22. The van der Waals surface area contributed by atoms with Gasteiger partial charge in [-0.05, 0) is 57.2 Å². The molecule has 0 saturated carbocycles. The van der Waals surface area contributed by atoms with Crippen LogP contribution in [-0.4, -0.2) is 29.7 Å². The van der Waals surface area contributed by atoms with Crippen molar-refractivity contribution < 1.29 is 22.7 Å². The Kier molecular flexibility index (Phi) is 4.50. The van der Waals surface area contributed by atoms with Crippen LogP contribution in [0.5, 0.6) is 0 Å². The lowest BCUT2D eigenvalue weighted by molar-refractivity contribution is -0.138. The number of halogens is 3. The highest BCUT2D eigenvalue weighted by atomic mass is 19.4. The quantitative estimate of drug-likeness (QED) is 0.737. The average molecular weight is 370 g/mol. The highest BCUT2D eigenvalue weighted by Crippen LogP contribution is 2.53. The first-order valence-corrected chi connectivity index (χ1v) is 8.87. The van der Waals surface area contributed by atoms with Gasteiger partial charge in [-0.3, -0.25) is 0 Å². The Morgan fingerprint density at radius 3 is 2.38 bits per heavy atom. The summed E-state index contributed by atoms with van der Waals surface area (Å²) in [4.78, 5) is 13.9. The van der Waals surface area contributed by atoms with Gasteiger partial charge in [0.15, 0.2) is 0 Å². The smallest absolute Gasteiger partial charge is 0.416 e. The van der Waals surface area contributed by atoms with Crippen molar-refractivity contribution in [3.63, 3.8) is 0 Å². The first kappa shape index (κ1) is 19.0. The molecule has 1 aromatic carbocycles. The highest BCUT2D eigenvalue weighted by Gasteiger charge is 2.49.